The van der Waals surface area contributed by atoms with Crippen LogP contribution >= 0.6 is 0 Å². The Morgan fingerprint density at radius 3 is 2.83 bits per heavy atom. The number of piperidine rings is 1. The molecule has 4 nitrogen and oxygen atoms in total. The summed E-state index contributed by atoms with van der Waals surface area (Å²) in [7, 11) is 0. The Morgan fingerprint density at radius 2 is 2.04 bits per heavy atom. The molecule has 2 aromatic rings. The molecule has 1 fully saturated rings. The van der Waals surface area contributed by atoms with Gasteiger partial charge in [-0.2, -0.15) is 5.10 Å². The van der Waals surface area contributed by atoms with Crippen LogP contribution in [0.1, 0.15) is 24.1 Å². The number of aromatic nitrogens is 2. The Kier molecular flexibility index (Phi) is 5.37. The standard InChI is InChI=1S/C19H24N4/c1-16-11-12-19(22-21-16)23-14-6-10-18(15-23)20-13-5-9-17-7-3-2-4-8-17/h2-5,7-9,11-12,18,20H,6,10,13-15H2,1H3/b9-5+/t18-/m1/s1. The van der Waals surface area contributed by atoms with Crippen molar-refractivity contribution in [1.82, 2.24) is 15.5 Å². The summed E-state index contributed by atoms with van der Waals surface area (Å²) in [6.07, 6.45) is 6.77. The van der Waals surface area contributed by atoms with E-state index in [1.165, 1.54) is 18.4 Å². The lowest BCUT2D eigenvalue weighted by molar-refractivity contribution is 0.435. The van der Waals surface area contributed by atoms with Crippen LogP contribution in [0, 0.1) is 6.92 Å². The highest BCUT2D eigenvalue weighted by atomic mass is 15.3. The molecule has 1 aromatic heterocycles. The van der Waals surface area contributed by atoms with Crippen LogP contribution < -0.4 is 10.2 Å². The van der Waals surface area contributed by atoms with E-state index in [1.54, 1.807) is 0 Å². The third kappa shape index (κ3) is 4.63. The maximum Gasteiger partial charge on any atom is 0.151 e. The minimum absolute atomic E-state index is 0.507. The molecule has 0 saturated carbocycles. The van der Waals surface area contributed by atoms with Crippen molar-refractivity contribution in [2.75, 3.05) is 24.5 Å². The van der Waals surface area contributed by atoms with Crippen molar-refractivity contribution in [1.29, 1.82) is 0 Å². The first-order valence-corrected chi connectivity index (χ1v) is 8.31. The van der Waals surface area contributed by atoms with E-state index in [2.05, 4.69) is 62.9 Å². The van der Waals surface area contributed by atoms with Gasteiger partial charge in [-0.1, -0.05) is 42.5 Å². The van der Waals surface area contributed by atoms with Crippen molar-refractivity contribution in [3.05, 3.63) is 59.8 Å². The van der Waals surface area contributed by atoms with Gasteiger partial charge in [0.25, 0.3) is 0 Å². The zero-order valence-corrected chi connectivity index (χ0v) is 13.7. The Hall–Kier alpha value is -2.20. The SMILES string of the molecule is Cc1ccc(N2CCC[C@@H](NC/C=C/c3ccccc3)C2)nn1. The number of nitrogens with one attached hydrogen (secondary N) is 1. The third-order valence-corrected chi connectivity index (χ3v) is 4.16. The van der Waals surface area contributed by atoms with E-state index in [0.29, 0.717) is 6.04 Å². The van der Waals surface area contributed by atoms with E-state index in [9.17, 15) is 0 Å². The predicted molar refractivity (Wildman–Crippen MR) is 95.5 cm³/mol. The van der Waals surface area contributed by atoms with Crippen LogP contribution in [-0.4, -0.2) is 35.9 Å². The average molecular weight is 308 g/mol. The van der Waals surface area contributed by atoms with Gasteiger partial charge in [0.1, 0.15) is 0 Å². The molecule has 2 heterocycles. The minimum Gasteiger partial charge on any atom is -0.354 e. The molecule has 1 aliphatic heterocycles. The highest BCUT2D eigenvalue weighted by Crippen LogP contribution is 2.17. The smallest absolute Gasteiger partial charge is 0.151 e. The Morgan fingerprint density at radius 1 is 1.17 bits per heavy atom. The van der Waals surface area contributed by atoms with Crippen LogP contribution in [-0.2, 0) is 0 Å². The first-order chi connectivity index (χ1) is 11.3. The van der Waals surface area contributed by atoms with Crippen molar-refractivity contribution in [3.63, 3.8) is 0 Å². The zero-order chi connectivity index (χ0) is 15.9. The molecule has 1 aromatic carbocycles. The van der Waals surface area contributed by atoms with Gasteiger partial charge in [0.15, 0.2) is 5.82 Å². The average Bonchev–Trinajstić information content (AvgIpc) is 2.61. The highest BCUT2D eigenvalue weighted by molar-refractivity contribution is 5.48. The van der Waals surface area contributed by atoms with E-state index in [-0.39, 0.29) is 0 Å². The molecule has 0 aliphatic carbocycles. The second kappa shape index (κ2) is 7.88. The van der Waals surface area contributed by atoms with Gasteiger partial charge in [-0.05, 0) is 37.5 Å². The highest BCUT2D eigenvalue weighted by Gasteiger charge is 2.20. The number of hydrogen-bond donors (Lipinski definition) is 1. The number of benzene rings is 1. The number of anilines is 1. The number of aryl methyl sites for hydroxylation is 1. The lowest BCUT2D eigenvalue weighted by atomic mass is 10.1. The minimum atomic E-state index is 0.507. The maximum absolute atomic E-state index is 4.31. The van der Waals surface area contributed by atoms with Gasteiger partial charge in [-0.25, -0.2) is 0 Å². The van der Waals surface area contributed by atoms with E-state index in [0.717, 1.165) is 31.1 Å². The Bertz CT molecular complexity index is 622. The van der Waals surface area contributed by atoms with Gasteiger partial charge in [0, 0.05) is 25.7 Å². The Labute approximate surface area is 138 Å². The molecule has 0 unspecified atom stereocenters. The third-order valence-electron chi connectivity index (χ3n) is 4.16. The van der Waals surface area contributed by atoms with Crippen molar-refractivity contribution >= 4 is 11.9 Å². The molecule has 4 heteroatoms. The molecule has 1 saturated heterocycles. The topological polar surface area (TPSA) is 41.0 Å². The van der Waals surface area contributed by atoms with Gasteiger partial charge in [0.2, 0.25) is 0 Å². The molecule has 0 amide bonds. The Balaban J connectivity index is 1.49. The summed E-state index contributed by atoms with van der Waals surface area (Å²) in [5.41, 5.74) is 2.21. The molecule has 120 valence electrons. The lowest BCUT2D eigenvalue weighted by Gasteiger charge is -2.33. The summed E-state index contributed by atoms with van der Waals surface area (Å²) in [5.74, 6) is 0.988. The van der Waals surface area contributed by atoms with E-state index < -0.39 is 0 Å². The molecule has 0 bridgehead atoms. The summed E-state index contributed by atoms with van der Waals surface area (Å²) in [4.78, 5) is 2.33. The molecule has 1 N–H and O–H groups in total. The number of nitrogens with zero attached hydrogens (tertiary/aromatic N) is 3. The fraction of sp³-hybridized carbons (Fsp3) is 0.368. The fourth-order valence-electron chi connectivity index (χ4n) is 2.91. The van der Waals surface area contributed by atoms with Gasteiger partial charge >= 0.3 is 0 Å². The summed E-state index contributed by atoms with van der Waals surface area (Å²) >= 11 is 0. The maximum atomic E-state index is 4.31. The summed E-state index contributed by atoms with van der Waals surface area (Å²) in [6, 6.07) is 15.0. The quantitative estimate of drug-likeness (QED) is 0.922. The van der Waals surface area contributed by atoms with Crippen LogP contribution in [0.2, 0.25) is 0 Å². The van der Waals surface area contributed by atoms with Crippen LogP contribution in [0.15, 0.2) is 48.5 Å². The van der Waals surface area contributed by atoms with E-state index >= 15 is 0 Å². The van der Waals surface area contributed by atoms with E-state index in [4.69, 9.17) is 0 Å². The summed E-state index contributed by atoms with van der Waals surface area (Å²) < 4.78 is 0. The molecule has 1 aliphatic rings. The molecular weight excluding hydrogens is 284 g/mol. The molecule has 1 atom stereocenters. The summed E-state index contributed by atoms with van der Waals surface area (Å²) in [6.45, 7) is 4.93. The van der Waals surface area contributed by atoms with Crippen LogP contribution in [0.3, 0.4) is 0 Å². The summed E-state index contributed by atoms with van der Waals surface area (Å²) in [5, 5.41) is 12.1. The number of hydrogen-bond acceptors (Lipinski definition) is 4. The van der Waals surface area contributed by atoms with Crippen molar-refractivity contribution in [3.8, 4) is 0 Å². The van der Waals surface area contributed by atoms with Crippen LogP contribution in [0.4, 0.5) is 5.82 Å². The van der Waals surface area contributed by atoms with E-state index in [1.807, 2.05) is 19.1 Å². The second-order valence-corrected chi connectivity index (χ2v) is 6.04. The van der Waals surface area contributed by atoms with Gasteiger partial charge < -0.3 is 10.2 Å². The zero-order valence-electron chi connectivity index (χ0n) is 13.7. The van der Waals surface area contributed by atoms with Crippen molar-refractivity contribution < 1.29 is 0 Å². The monoisotopic (exact) mass is 308 g/mol. The number of rotatable bonds is 5. The first kappa shape index (κ1) is 15.7. The van der Waals surface area contributed by atoms with Crippen molar-refractivity contribution in [2.24, 2.45) is 0 Å². The van der Waals surface area contributed by atoms with Gasteiger partial charge in [0.05, 0.1) is 5.69 Å². The molecule has 0 radical (unpaired) electrons. The second-order valence-electron chi connectivity index (χ2n) is 6.04. The molecule has 3 rings (SSSR count). The lowest BCUT2D eigenvalue weighted by Crippen LogP contribution is -2.46. The molecular formula is C19H24N4. The normalized spacial score (nSPS) is 18.5. The largest absolute Gasteiger partial charge is 0.354 e. The van der Waals surface area contributed by atoms with Gasteiger partial charge in [-0.15, -0.1) is 5.10 Å². The molecule has 23 heavy (non-hydrogen) atoms. The predicted octanol–water partition coefficient (Wildman–Crippen LogP) is 3.06. The van der Waals surface area contributed by atoms with Crippen LogP contribution in [0.5, 0.6) is 0 Å². The van der Waals surface area contributed by atoms with Crippen molar-refractivity contribution in [2.45, 2.75) is 25.8 Å². The first-order valence-electron chi connectivity index (χ1n) is 8.31. The van der Waals surface area contributed by atoms with Crippen LogP contribution in [0.25, 0.3) is 6.08 Å². The van der Waals surface area contributed by atoms with Gasteiger partial charge in [-0.3, -0.25) is 0 Å². The molecule has 0 spiro atoms. The fourth-order valence-corrected chi connectivity index (χ4v) is 2.91.